The van der Waals surface area contributed by atoms with Gasteiger partial charge in [0.1, 0.15) is 36.3 Å². The number of unbranched alkanes of at least 4 members (excludes halogenated alkanes) is 8. The zero-order valence-electron chi connectivity index (χ0n) is 35.7. The van der Waals surface area contributed by atoms with Crippen LogP contribution in [0.2, 0.25) is 0 Å². The number of nitrogen functional groups attached to an aromatic ring is 1. The summed E-state index contributed by atoms with van der Waals surface area (Å²) >= 11 is 0.984. The fraction of sp³-hybridized carbons (Fsp3) is 0.771. The third-order valence-corrected chi connectivity index (χ3v) is 13.7. The first-order valence-electron chi connectivity index (χ1n) is 20.6. The summed E-state index contributed by atoms with van der Waals surface area (Å²) in [5.74, 6) is -1.33. The van der Waals surface area contributed by atoms with E-state index in [1.165, 1.54) is 52.4 Å². The summed E-state index contributed by atoms with van der Waals surface area (Å²) in [6, 6.07) is 0. The van der Waals surface area contributed by atoms with Crippen LogP contribution in [0.1, 0.15) is 104 Å². The molecular formula is C35H58N7O18P3S-4. The van der Waals surface area contributed by atoms with E-state index in [1.807, 2.05) is 0 Å². The van der Waals surface area contributed by atoms with Crippen LogP contribution in [-0.4, -0.2) is 114 Å². The number of phosphoric ester groups is 3. The van der Waals surface area contributed by atoms with Crippen molar-refractivity contribution in [2.45, 2.75) is 135 Å². The largest absolute Gasteiger partial charge is 0.790 e. The highest BCUT2D eigenvalue weighted by atomic mass is 32.2. The first-order valence-corrected chi connectivity index (χ1v) is 26.0. The predicted octanol–water partition coefficient (Wildman–Crippen LogP) is -0.191. The number of aromatic nitrogens is 4. The number of hydrogen-bond acceptors (Lipinski definition) is 23. The van der Waals surface area contributed by atoms with Crippen LogP contribution in [-0.2, 0) is 50.7 Å². The first kappa shape index (κ1) is 55.8. The smallest absolute Gasteiger partial charge is 0.274 e. The molecule has 2 amide bonds. The van der Waals surface area contributed by atoms with Crippen LogP contribution in [0, 0.1) is 5.41 Å². The SMILES string of the molecule is CCCCCCCCCCCC(O)CC(=O)SCCNC(=O)CCNC(=O)C(O)C(C)(C)COP(=O)([O-])OP(=O)([O-])OCC1OC(n2cnc3c(N)ncnc32)C(O)C1OP(=O)([O-])[O-]. The van der Waals surface area contributed by atoms with E-state index in [9.17, 15) is 63.0 Å². The summed E-state index contributed by atoms with van der Waals surface area (Å²) in [4.78, 5) is 96.7. The van der Waals surface area contributed by atoms with Crippen molar-refractivity contribution in [1.29, 1.82) is 0 Å². The molecule has 8 atom stereocenters. The Balaban J connectivity index is 1.36. The van der Waals surface area contributed by atoms with Crippen LogP contribution in [0.4, 0.5) is 5.82 Å². The Bertz CT molecular complexity index is 1960. The number of carbonyl (C=O) groups is 3. The average molecular weight is 990 g/mol. The fourth-order valence-electron chi connectivity index (χ4n) is 6.32. The van der Waals surface area contributed by atoms with Gasteiger partial charge in [0.25, 0.3) is 15.6 Å². The minimum absolute atomic E-state index is 0.0159. The van der Waals surface area contributed by atoms with Crippen molar-refractivity contribution in [3.63, 3.8) is 0 Å². The second-order valence-electron chi connectivity index (χ2n) is 15.7. The summed E-state index contributed by atoms with van der Waals surface area (Å²) in [6.07, 6.45) is 2.56. The third kappa shape index (κ3) is 19.4. The van der Waals surface area contributed by atoms with Crippen molar-refractivity contribution in [2.24, 2.45) is 5.41 Å². The number of aliphatic hydroxyl groups is 3. The molecule has 7 N–H and O–H groups in total. The van der Waals surface area contributed by atoms with Crippen molar-refractivity contribution in [3.8, 4) is 0 Å². The van der Waals surface area contributed by atoms with Gasteiger partial charge in [0, 0.05) is 37.1 Å². The molecule has 1 saturated heterocycles. The molecule has 0 radical (unpaired) electrons. The molecule has 366 valence electrons. The van der Waals surface area contributed by atoms with Crippen molar-refractivity contribution in [1.82, 2.24) is 30.2 Å². The number of nitrogens with two attached hydrogens (primary N) is 1. The molecule has 2 aromatic rings. The number of aliphatic hydroxyl groups excluding tert-OH is 3. The highest BCUT2D eigenvalue weighted by Crippen LogP contribution is 2.56. The maximum absolute atomic E-state index is 12.6. The van der Waals surface area contributed by atoms with E-state index < -0.39 is 90.7 Å². The molecule has 0 aromatic carbocycles. The number of thioether (sulfide) groups is 1. The van der Waals surface area contributed by atoms with Gasteiger partial charge in [-0.1, -0.05) is 90.3 Å². The van der Waals surface area contributed by atoms with E-state index in [0.717, 1.165) is 48.2 Å². The first-order chi connectivity index (χ1) is 29.9. The van der Waals surface area contributed by atoms with Crippen molar-refractivity contribution in [3.05, 3.63) is 12.7 Å². The third-order valence-electron chi connectivity index (χ3n) is 9.78. The van der Waals surface area contributed by atoms with E-state index in [2.05, 4.69) is 50.4 Å². The van der Waals surface area contributed by atoms with Gasteiger partial charge in [-0.25, -0.2) is 19.3 Å². The zero-order valence-corrected chi connectivity index (χ0v) is 39.2. The van der Waals surface area contributed by atoms with Gasteiger partial charge >= 0.3 is 0 Å². The molecule has 0 bridgehead atoms. The normalized spacial score (nSPS) is 21.0. The second kappa shape index (κ2) is 26.2. The van der Waals surface area contributed by atoms with Crippen LogP contribution in [0.15, 0.2) is 12.7 Å². The number of amides is 2. The second-order valence-corrected chi connectivity index (χ2v) is 20.9. The lowest BCUT2D eigenvalue weighted by atomic mass is 9.87. The lowest BCUT2D eigenvalue weighted by molar-refractivity contribution is -0.347. The van der Waals surface area contributed by atoms with Gasteiger partial charge in [-0.3, -0.25) is 28.1 Å². The molecule has 3 heterocycles. The molecule has 64 heavy (non-hydrogen) atoms. The van der Waals surface area contributed by atoms with E-state index in [4.69, 9.17) is 10.5 Å². The van der Waals surface area contributed by atoms with E-state index >= 15 is 0 Å². The van der Waals surface area contributed by atoms with Gasteiger partial charge in [-0.15, -0.1) is 0 Å². The summed E-state index contributed by atoms with van der Waals surface area (Å²) in [5.41, 5.74) is 4.06. The standard InChI is InChI=1S/C35H62N7O18P3S/c1-4-5-6-7-8-9-10-11-12-13-23(43)18-26(45)64-17-16-37-25(44)14-15-38-33(48)30(47)35(2,3)20-57-63(54,55)60-62(52,53)56-19-24-29(59-61(49,50)51)28(46)34(58-24)42-22-41-27-31(36)39-21-40-32(27)42/h21-24,28-30,34,43,46-47H,4-20H2,1-3H3,(H,37,44)(H,38,48)(H,52,53)(H,54,55)(H2,36,39,40)(H2,49,50,51)/p-4. The number of nitrogens with zero attached hydrogens (tertiary/aromatic N) is 4. The number of anilines is 1. The molecule has 25 nitrogen and oxygen atoms in total. The molecule has 0 aliphatic carbocycles. The van der Waals surface area contributed by atoms with E-state index in [1.54, 1.807) is 0 Å². The summed E-state index contributed by atoms with van der Waals surface area (Å²) in [5, 5.41) is 36.3. The molecule has 8 unspecified atom stereocenters. The molecule has 2 aromatic heterocycles. The minimum atomic E-state index is -5.93. The van der Waals surface area contributed by atoms with Gasteiger partial charge in [-0.2, -0.15) is 0 Å². The number of hydrogen-bond donors (Lipinski definition) is 6. The zero-order chi connectivity index (χ0) is 47.7. The number of imidazole rings is 1. The van der Waals surface area contributed by atoms with E-state index in [0.29, 0.717) is 6.42 Å². The topological polar surface area (TPSA) is 395 Å². The maximum Gasteiger partial charge on any atom is 0.274 e. The monoisotopic (exact) mass is 989 g/mol. The Morgan fingerprint density at radius 3 is 2.25 bits per heavy atom. The average Bonchev–Trinajstić information content (AvgIpc) is 3.76. The molecule has 0 spiro atoms. The van der Waals surface area contributed by atoms with Gasteiger partial charge in [0.05, 0.1) is 33.5 Å². The minimum Gasteiger partial charge on any atom is -0.790 e. The lowest BCUT2D eigenvalue weighted by Gasteiger charge is -2.36. The highest BCUT2D eigenvalue weighted by molar-refractivity contribution is 8.13. The van der Waals surface area contributed by atoms with Crippen LogP contribution < -0.4 is 35.9 Å². The fourth-order valence-corrected chi connectivity index (χ4v) is 9.79. The van der Waals surface area contributed by atoms with Gasteiger partial charge < -0.3 is 74.1 Å². The van der Waals surface area contributed by atoms with E-state index in [-0.39, 0.29) is 53.8 Å². The Kier molecular flexibility index (Phi) is 22.8. The highest BCUT2D eigenvalue weighted by Gasteiger charge is 2.47. The number of nitrogens with one attached hydrogen (secondary N) is 2. The molecule has 1 aliphatic heterocycles. The van der Waals surface area contributed by atoms with Gasteiger partial charge in [-0.05, 0) is 6.42 Å². The molecule has 3 rings (SSSR count). The number of fused-ring (bicyclic) bond motifs is 1. The van der Waals surface area contributed by atoms with Crippen LogP contribution >= 0.6 is 35.2 Å². The molecule has 1 fully saturated rings. The predicted molar refractivity (Wildman–Crippen MR) is 221 cm³/mol. The van der Waals surface area contributed by atoms with Crippen LogP contribution in [0.25, 0.3) is 11.2 Å². The Morgan fingerprint density at radius 2 is 1.59 bits per heavy atom. The summed E-state index contributed by atoms with van der Waals surface area (Å²) in [7, 11) is -17.6. The number of ether oxygens (including phenoxy) is 1. The molecule has 29 heteroatoms. The van der Waals surface area contributed by atoms with Crippen LogP contribution in [0.5, 0.6) is 0 Å². The molecular weight excluding hydrogens is 931 g/mol. The number of rotatable bonds is 31. The quantitative estimate of drug-likeness (QED) is 0.0421. The van der Waals surface area contributed by atoms with Gasteiger partial charge in [0.2, 0.25) is 11.8 Å². The van der Waals surface area contributed by atoms with Crippen molar-refractivity contribution in [2.75, 3.05) is 37.8 Å². The number of phosphoric acid groups is 3. The summed E-state index contributed by atoms with van der Waals surface area (Å²) in [6.45, 7) is 2.18. The van der Waals surface area contributed by atoms with Gasteiger partial charge in [0.15, 0.2) is 22.8 Å². The summed E-state index contributed by atoms with van der Waals surface area (Å²) < 4.78 is 60.7. The van der Waals surface area contributed by atoms with Crippen LogP contribution in [0.3, 0.4) is 0 Å². The maximum atomic E-state index is 12.6. The number of carbonyl (C=O) groups excluding carboxylic acids is 3. The Morgan fingerprint density at radius 1 is 0.953 bits per heavy atom. The Labute approximate surface area is 374 Å². The van der Waals surface area contributed by atoms with Crippen molar-refractivity contribution < 1.29 is 85.6 Å². The lowest BCUT2D eigenvalue weighted by Crippen LogP contribution is -2.46. The molecule has 0 saturated carbocycles. The van der Waals surface area contributed by atoms with Crippen molar-refractivity contribution >= 4 is 69.1 Å². The molecule has 1 aliphatic rings. The Hall–Kier alpha value is -2.48.